The maximum absolute atomic E-state index is 12.5. The number of rotatable bonds is 9. The molecule has 1 amide bonds. The molecule has 3 aromatic heterocycles. The molecule has 0 unspecified atom stereocenters. The lowest BCUT2D eigenvalue weighted by atomic mass is 10.2. The Labute approximate surface area is 199 Å². The first-order chi connectivity index (χ1) is 16.0. The molecule has 0 spiro atoms. The van der Waals surface area contributed by atoms with Crippen LogP contribution in [0.1, 0.15) is 41.3 Å². The summed E-state index contributed by atoms with van der Waals surface area (Å²) in [6.07, 6.45) is 3.16. The Kier molecular flexibility index (Phi) is 7.31. The summed E-state index contributed by atoms with van der Waals surface area (Å²) in [6.45, 7) is 2.20. The Bertz CT molecular complexity index is 1280. The van der Waals surface area contributed by atoms with E-state index in [-0.39, 0.29) is 5.69 Å². The first-order valence-corrected chi connectivity index (χ1v) is 11.8. The van der Waals surface area contributed by atoms with E-state index >= 15 is 0 Å². The van der Waals surface area contributed by atoms with Crippen molar-refractivity contribution < 1.29 is 9.32 Å². The number of carbonyl (C=O) groups is 1. The third-order valence-corrected chi connectivity index (χ3v) is 6.07. The molecule has 10 heteroatoms. The highest BCUT2D eigenvalue weighted by molar-refractivity contribution is 7.13. The Morgan fingerprint density at radius 1 is 1.18 bits per heavy atom. The van der Waals surface area contributed by atoms with Gasteiger partial charge in [-0.05, 0) is 55.5 Å². The van der Waals surface area contributed by atoms with Crippen molar-refractivity contribution in [2.75, 3.05) is 6.54 Å². The number of carbonyl (C=O) groups excluding carboxylic acids is 1. The number of hydrogen-bond acceptors (Lipinski definition) is 7. The summed E-state index contributed by atoms with van der Waals surface area (Å²) in [7, 11) is 0. The van der Waals surface area contributed by atoms with E-state index in [0.29, 0.717) is 41.1 Å². The fraction of sp³-hybridized carbons (Fsp3) is 0.261. The van der Waals surface area contributed by atoms with Gasteiger partial charge in [-0.15, -0.1) is 11.3 Å². The van der Waals surface area contributed by atoms with E-state index < -0.39 is 11.3 Å². The standard InChI is InChI=1S/C23H22ClN5O3S/c1-15-14-18(30)21(27-29(15)17-10-8-16(24)9-11-17)23(31)25-12-4-2-3-7-20-26-22(28-32-20)19-6-5-13-33-19/h5-6,8-11,13-14H,2-4,7,12H2,1H3,(H,25,31). The first kappa shape index (κ1) is 22.9. The smallest absolute Gasteiger partial charge is 0.275 e. The predicted molar refractivity (Wildman–Crippen MR) is 127 cm³/mol. The van der Waals surface area contributed by atoms with Crippen molar-refractivity contribution in [2.45, 2.75) is 32.6 Å². The molecule has 4 aromatic rings. The van der Waals surface area contributed by atoms with Crippen LogP contribution >= 0.6 is 22.9 Å². The number of amides is 1. The van der Waals surface area contributed by atoms with Crippen molar-refractivity contribution in [1.82, 2.24) is 25.2 Å². The van der Waals surface area contributed by atoms with Crippen molar-refractivity contribution in [3.63, 3.8) is 0 Å². The van der Waals surface area contributed by atoms with Crippen molar-refractivity contribution in [1.29, 1.82) is 0 Å². The van der Waals surface area contributed by atoms with Gasteiger partial charge in [0.2, 0.25) is 17.1 Å². The van der Waals surface area contributed by atoms with Crippen LogP contribution in [-0.2, 0) is 6.42 Å². The molecule has 0 aliphatic carbocycles. The lowest BCUT2D eigenvalue weighted by Crippen LogP contribution is -2.32. The molecule has 1 N–H and O–H groups in total. The molecule has 0 saturated heterocycles. The highest BCUT2D eigenvalue weighted by atomic mass is 35.5. The highest BCUT2D eigenvalue weighted by Gasteiger charge is 2.15. The molecule has 0 radical (unpaired) electrons. The van der Waals surface area contributed by atoms with Crippen LogP contribution < -0.4 is 10.7 Å². The molecule has 0 aliphatic rings. The normalized spacial score (nSPS) is 11.0. The molecule has 0 fully saturated rings. The number of nitrogens with one attached hydrogen (secondary N) is 1. The molecule has 0 atom stereocenters. The van der Waals surface area contributed by atoms with E-state index in [1.807, 2.05) is 17.5 Å². The van der Waals surface area contributed by atoms with Gasteiger partial charge in [0.25, 0.3) is 5.91 Å². The van der Waals surface area contributed by atoms with Gasteiger partial charge in [-0.1, -0.05) is 29.2 Å². The zero-order chi connectivity index (χ0) is 23.2. The summed E-state index contributed by atoms with van der Waals surface area (Å²) in [5.41, 5.74) is 0.798. The maximum atomic E-state index is 12.5. The van der Waals surface area contributed by atoms with Crippen LogP contribution in [0.2, 0.25) is 5.02 Å². The lowest BCUT2D eigenvalue weighted by Gasteiger charge is -2.11. The number of unbranched alkanes of at least 4 members (excludes halogenated alkanes) is 2. The maximum Gasteiger partial charge on any atom is 0.275 e. The fourth-order valence-corrected chi connectivity index (χ4v) is 4.05. The van der Waals surface area contributed by atoms with Gasteiger partial charge < -0.3 is 9.84 Å². The number of benzene rings is 1. The summed E-state index contributed by atoms with van der Waals surface area (Å²) < 4.78 is 6.85. The van der Waals surface area contributed by atoms with Gasteiger partial charge in [-0.3, -0.25) is 9.59 Å². The number of halogens is 1. The van der Waals surface area contributed by atoms with Crippen molar-refractivity contribution in [3.05, 3.63) is 80.4 Å². The van der Waals surface area contributed by atoms with E-state index in [4.69, 9.17) is 16.1 Å². The minimum Gasteiger partial charge on any atom is -0.351 e. The van der Waals surface area contributed by atoms with E-state index in [9.17, 15) is 9.59 Å². The van der Waals surface area contributed by atoms with Gasteiger partial charge in [-0.2, -0.15) is 10.1 Å². The number of thiophene rings is 1. The third kappa shape index (κ3) is 5.74. The summed E-state index contributed by atoms with van der Waals surface area (Å²) in [5, 5.41) is 13.6. The predicted octanol–water partition coefficient (Wildman–Crippen LogP) is 4.45. The summed E-state index contributed by atoms with van der Waals surface area (Å²) in [5.74, 6) is 0.733. The quantitative estimate of drug-likeness (QED) is 0.353. The van der Waals surface area contributed by atoms with Gasteiger partial charge in [0.1, 0.15) is 0 Å². The molecule has 8 nitrogen and oxygen atoms in total. The molecular formula is C23H22ClN5O3S. The second kappa shape index (κ2) is 10.5. The Balaban J connectivity index is 1.26. The number of hydrogen-bond donors (Lipinski definition) is 1. The second-order valence-corrected chi connectivity index (χ2v) is 8.83. The average molecular weight is 484 g/mol. The third-order valence-electron chi connectivity index (χ3n) is 4.96. The minimum atomic E-state index is -0.486. The van der Waals surface area contributed by atoms with E-state index in [2.05, 4.69) is 20.6 Å². The van der Waals surface area contributed by atoms with Gasteiger partial charge in [0.05, 0.1) is 10.6 Å². The van der Waals surface area contributed by atoms with Gasteiger partial charge >= 0.3 is 0 Å². The van der Waals surface area contributed by atoms with Crippen LogP contribution in [0.5, 0.6) is 0 Å². The molecule has 1 aromatic carbocycles. The zero-order valence-electron chi connectivity index (χ0n) is 18.0. The average Bonchev–Trinajstić information content (AvgIpc) is 3.49. The zero-order valence-corrected chi connectivity index (χ0v) is 19.5. The molecular weight excluding hydrogens is 462 g/mol. The largest absolute Gasteiger partial charge is 0.351 e. The van der Waals surface area contributed by atoms with E-state index in [1.54, 1.807) is 47.2 Å². The molecule has 0 bridgehead atoms. The molecule has 0 aliphatic heterocycles. The minimum absolute atomic E-state index is 0.137. The fourth-order valence-electron chi connectivity index (χ4n) is 3.27. The van der Waals surface area contributed by atoms with Crippen LogP contribution in [0.15, 0.2) is 57.2 Å². The molecule has 0 saturated carbocycles. The molecule has 170 valence electrons. The van der Waals surface area contributed by atoms with Gasteiger partial charge in [0, 0.05) is 29.7 Å². The van der Waals surface area contributed by atoms with Crippen LogP contribution in [0.3, 0.4) is 0 Å². The van der Waals surface area contributed by atoms with Gasteiger partial charge in [0.15, 0.2) is 5.69 Å². The Morgan fingerprint density at radius 2 is 2.00 bits per heavy atom. The molecule has 33 heavy (non-hydrogen) atoms. The SMILES string of the molecule is Cc1cc(=O)c(C(=O)NCCCCCc2nc(-c3cccs3)no2)nn1-c1ccc(Cl)cc1. The van der Waals surface area contributed by atoms with Crippen LogP contribution in [0, 0.1) is 6.92 Å². The Morgan fingerprint density at radius 3 is 2.76 bits per heavy atom. The topological polar surface area (TPSA) is 103 Å². The van der Waals surface area contributed by atoms with Crippen LogP contribution in [0.25, 0.3) is 16.4 Å². The number of nitrogens with zero attached hydrogens (tertiary/aromatic N) is 4. The van der Waals surface area contributed by atoms with Crippen LogP contribution in [0.4, 0.5) is 0 Å². The van der Waals surface area contributed by atoms with Gasteiger partial charge in [-0.25, -0.2) is 4.68 Å². The first-order valence-electron chi connectivity index (χ1n) is 10.5. The number of aryl methyl sites for hydroxylation is 2. The lowest BCUT2D eigenvalue weighted by molar-refractivity contribution is 0.0945. The summed E-state index contributed by atoms with van der Waals surface area (Å²) in [4.78, 5) is 30.2. The van der Waals surface area contributed by atoms with Crippen LogP contribution in [-0.4, -0.2) is 32.4 Å². The van der Waals surface area contributed by atoms with E-state index in [1.165, 1.54) is 6.07 Å². The molecule has 4 rings (SSSR count). The van der Waals surface area contributed by atoms with Crippen molar-refractivity contribution in [2.24, 2.45) is 0 Å². The summed E-state index contributed by atoms with van der Waals surface area (Å²) in [6, 6.07) is 12.3. The number of aromatic nitrogens is 4. The monoisotopic (exact) mass is 483 g/mol. The second-order valence-electron chi connectivity index (χ2n) is 7.44. The van der Waals surface area contributed by atoms with Crippen molar-refractivity contribution in [3.8, 4) is 16.4 Å². The Hall–Kier alpha value is -3.30. The van der Waals surface area contributed by atoms with Crippen molar-refractivity contribution >= 4 is 28.8 Å². The summed E-state index contributed by atoms with van der Waals surface area (Å²) >= 11 is 7.51. The van der Waals surface area contributed by atoms with E-state index in [0.717, 1.165) is 24.1 Å². The molecule has 3 heterocycles. The highest BCUT2D eigenvalue weighted by Crippen LogP contribution is 2.21.